The third-order valence-electron chi connectivity index (χ3n) is 5.26. The van der Waals surface area contributed by atoms with Gasteiger partial charge in [0.2, 0.25) is 0 Å². The Morgan fingerprint density at radius 3 is 2.81 bits per heavy atom. The number of rotatable bonds is 3. The van der Waals surface area contributed by atoms with Crippen molar-refractivity contribution in [2.45, 2.75) is 57.7 Å². The molecule has 21 heavy (non-hydrogen) atoms. The van der Waals surface area contributed by atoms with E-state index in [-0.39, 0.29) is 0 Å². The number of pyridine rings is 1. The van der Waals surface area contributed by atoms with Gasteiger partial charge < -0.3 is 5.32 Å². The Hall–Kier alpha value is -0.450. The smallest absolute Gasteiger partial charge is 0.0410 e. The molecule has 2 fully saturated rings. The Labute approximate surface area is 136 Å². The lowest BCUT2D eigenvalue weighted by atomic mass is 9.88. The third kappa shape index (κ3) is 3.33. The van der Waals surface area contributed by atoms with Gasteiger partial charge in [0.05, 0.1) is 0 Å². The lowest BCUT2D eigenvalue weighted by Crippen LogP contribution is -2.64. The number of hydrogen-bond acceptors (Lipinski definition) is 3. The maximum absolute atomic E-state index is 4.33. The van der Waals surface area contributed by atoms with Crippen LogP contribution in [0.4, 0.5) is 0 Å². The first-order valence-corrected chi connectivity index (χ1v) is 8.96. The fraction of sp³-hybridized carbons (Fsp3) is 0.706. The van der Waals surface area contributed by atoms with E-state index >= 15 is 0 Å². The van der Waals surface area contributed by atoms with Crippen LogP contribution in [0, 0.1) is 5.92 Å². The summed E-state index contributed by atoms with van der Waals surface area (Å²) in [5.41, 5.74) is 1.70. The molecular formula is C17H26BrN3. The second kappa shape index (κ2) is 6.35. The molecule has 2 aliphatic rings. The summed E-state index contributed by atoms with van der Waals surface area (Å²) in [4.78, 5) is 7.07. The summed E-state index contributed by atoms with van der Waals surface area (Å²) in [5, 5.41) is 3.81. The first-order valence-electron chi connectivity index (χ1n) is 8.17. The van der Waals surface area contributed by atoms with Gasteiger partial charge in [0, 0.05) is 48.1 Å². The summed E-state index contributed by atoms with van der Waals surface area (Å²) in [5.74, 6) is 0.687. The fourth-order valence-electron chi connectivity index (χ4n) is 3.90. The molecule has 1 atom stereocenters. The second-order valence-corrected chi connectivity index (χ2v) is 7.97. The van der Waals surface area contributed by atoms with Crippen molar-refractivity contribution < 1.29 is 0 Å². The highest BCUT2D eigenvalue weighted by molar-refractivity contribution is 9.10. The number of piperazine rings is 1. The summed E-state index contributed by atoms with van der Waals surface area (Å²) in [7, 11) is 0. The van der Waals surface area contributed by atoms with Crippen LogP contribution < -0.4 is 5.32 Å². The number of halogens is 1. The summed E-state index contributed by atoms with van der Waals surface area (Å²) in [6, 6.07) is 2.82. The van der Waals surface area contributed by atoms with Crippen LogP contribution in [0.25, 0.3) is 0 Å². The molecule has 1 aliphatic heterocycles. The van der Waals surface area contributed by atoms with Gasteiger partial charge in [0.25, 0.3) is 0 Å². The molecule has 1 saturated heterocycles. The molecule has 0 amide bonds. The molecular weight excluding hydrogens is 326 g/mol. The number of aromatic nitrogens is 1. The predicted molar refractivity (Wildman–Crippen MR) is 90.2 cm³/mol. The number of nitrogens with zero attached hydrogens (tertiary/aromatic N) is 2. The van der Waals surface area contributed by atoms with Crippen LogP contribution in [-0.4, -0.2) is 34.6 Å². The van der Waals surface area contributed by atoms with Gasteiger partial charge >= 0.3 is 0 Å². The SMILES string of the molecule is CC(C)C1CN(Cc2cncc(Br)c2)C2(CCCC2)CN1. The van der Waals surface area contributed by atoms with Crippen molar-refractivity contribution in [2.24, 2.45) is 5.92 Å². The minimum Gasteiger partial charge on any atom is -0.311 e. The van der Waals surface area contributed by atoms with Crippen LogP contribution in [0.15, 0.2) is 22.9 Å². The predicted octanol–water partition coefficient (Wildman–Crippen LogP) is 3.59. The molecule has 4 heteroatoms. The average molecular weight is 352 g/mol. The third-order valence-corrected chi connectivity index (χ3v) is 5.69. The largest absolute Gasteiger partial charge is 0.311 e. The zero-order valence-electron chi connectivity index (χ0n) is 13.1. The molecule has 0 radical (unpaired) electrons. The van der Waals surface area contributed by atoms with Gasteiger partial charge in [-0.1, -0.05) is 26.7 Å². The highest BCUT2D eigenvalue weighted by atomic mass is 79.9. The van der Waals surface area contributed by atoms with Crippen LogP contribution in [0.3, 0.4) is 0 Å². The molecule has 1 spiro atoms. The Morgan fingerprint density at radius 2 is 2.14 bits per heavy atom. The quantitative estimate of drug-likeness (QED) is 0.901. The fourth-order valence-corrected chi connectivity index (χ4v) is 4.31. The van der Waals surface area contributed by atoms with E-state index in [0.717, 1.165) is 24.1 Å². The first-order chi connectivity index (χ1) is 10.1. The molecule has 3 nitrogen and oxygen atoms in total. The van der Waals surface area contributed by atoms with Gasteiger partial charge in [-0.15, -0.1) is 0 Å². The van der Waals surface area contributed by atoms with Gasteiger partial charge in [-0.3, -0.25) is 9.88 Å². The van der Waals surface area contributed by atoms with E-state index in [1.807, 2.05) is 12.4 Å². The maximum atomic E-state index is 4.33. The highest BCUT2D eigenvalue weighted by Crippen LogP contribution is 2.38. The van der Waals surface area contributed by atoms with E-state index in [0.29, 0.717) is 17.5 Å². The Kier molecular flexibility index (Phi) is 4.67. The Morgan fingerprint density at radius 1 is 1.38 bits per heavy atom. The normalized spacial score (nSPS) is 25.8. The van der Waals surface area contributed by atoms with Crippen molar-refractivity contribution in [3.8, 4) is 0 Å². The molecule has 0 aromatic carbocycles. The molecule has 1 unspecified atom stereocenters. The number of hydrogen-bond donors (Lipinski definition) is 1. The average Bonchev–Trinajstić information content (AvgIpc) is 2.91. The Balaban J connectivity index is 1.79. The maximum Gasteiger partial charge on any atom is 0.0410 e. The minimum atomic E-state index is 0.383. The molecule has 1 saturated carbocycles. The van der Waals surface area contributed by atoms with Crippen molar-refractivity contribution in [3.63, 3.8) is 0 Å². The molecule has 1 aromatic heterocycles. The Bertz CT molecular complexity index is 483. The summed E-state index contributed by atoms with van der Waals surface area (Å²) in [6.45, 7) is 7.98. The molecule has 0 bridgehead atoms. The van der Waals surface area contributed by atoms with Crippen LogP contribution >= 0.6 is 15.9 Å². The van der Waals surface area contributed by atoms with Crippen molar-refractivity contribution in [3.05, 3.63) is 28.5 Å². The molecule has 2 heterocycles. The highest BCUT2D eigenvalue weighted by Gasteiger charge is 2.43. The molecule has 1 N–H and O–H groups in total. The topological polar surface area (TPSA) is 28.2 Å². The van der Waals surface area contributed by atoms with Crippen LogP contribution in [0.1, 0.15) is 45.1 Å². The van der Waals surface area contributed by atoms with Gasteiger partial charge in [0.15, 0.2) is 0 Å². The summed E-state index contributed by atoms with van der Waals surface area (Å²) in [6.07, 6.45) is 9.31. The van der Waals surface area contributed by atoms with Crippen molar-refractivity contribution >= 4 is 15.9 Å². The zero-order valence-corrected chi connectivity index (χ0v) is 14.7. The lowest BCUT2D eigenvalue weighted by molar-refractivity contribution is 0.0260. The monoisotopic (exact) mass is 351 g/mol. The molecule has 116 valence electrons. The zero-order chi connectivity index (χ0) is 14.9. The molecule has 1 aromatic rings. The van der Waals surface area contributed by atoms with E-state index in [2.05, 4.69) is 51.0 Å². The molecule has 1 aliphatic carbocycles. The van der Waals surface area contributed by atoms with Gasteiger partial charge in [-0.05, 0) is 46.3 Å². The van der Waals surface area contributed by atoms with Crippen molar-refractivity contribution in [1.82, 2.24) is 15.2 Å². The second-order valence-electron chi connectivity index (χ2n) is 7.05. The van der Waals surface area contributed by atoms with E-state index in [1.54, 1.807) is 0 Å². The minimum absolute atomic E-state index is 0.383. The number of nitrogens with one attached hydrogen (secondary N) is 1. The van der Waals surface area contributed by atoms with E-state index in [1.165, 1.54) is 31.2 Å². The lowest BCUT2D eigenvalue weighted by Gasteiger charge is -2.49. The summed E-state index contributed by atoms with van der Waals surface area (Å²) >= 11 is 3.54. The van der Waals surface area contributed by atoms with E-state index in [9.17, 15) is 0 Å². The van der Waals surface area contributed by atoms with Crippen LogP contribution in [0.2, 0.25) is 0 Å². The van der Waals surface area contributed by atoms with E-state index in [4.69, 9.17) is 0 Å². The first kappa shape index (κ1) is 15.4. The van der Waals surface area contributed by atoms with Gasteiger partial charge in [-0.2, -0.15) is 0 Å². The van der Waals surface area contributed by atoms with Gasteiger partial charge in [0.1, 0.15) is 0 Å². The van der Waals surface area contributed by atoms with Gasteiger partial charge in [-0.25, -0.2) is 0 Å². The molecule has 3 rings (SSSR count). The summed E-state index contributed by atoms with van der Waals surface area (Å²) < 4.78 is 1.08. The van der Waals surface area contributed by atoms with Crippen molar-refractivity contribution in [2.75, 3.05) is 13.1 Å². The van der Waals surface area contributed by atoms with Crippen molar-refractivity contribution in [1.29, 1.82) is 0 Å². The van der Waals surface area contributed by atoms with Crippen LogP contribution in [-0.2, 0) is 6.54 Å². The van der Waals surface area contributed by atoms with E-state index < -0.39 is 0 Å². The standard InChI is InChI=1S/C17H26BrN3/c1-13(2)16-11-21(10-14-7-15(18)9-19-8-14)17(12-20-16)5-3-4-6-17/h7-9,13,16,20H,3-6,10-12H2,1-2H3. The van der Waals surface area contributed by atoms with Crippen LogP contribution in [0.5, 0.6) is 0 Å².